The average Bonchev–Trinajstić information content (AvgIpc) is 3.30. The van der Waals surface area contributed by atoms with Crippen LogP contribution in [0.25, 0.3) is 0 Å². The maximum absolute atomic E-state index is 13.5. The Bertz CT molecular complexity index is 1050. The van der Waals surface area contributed by atoms with Gasteiger partial charge in [0.05, 0.1) is 18.0 Å². The van der Waals surface area contributed by atoms with Gasteiger partial charge < -0.3 is 19.1 Å². The van der Waals surface area contributed by atoms with E-state index >= 15 is 0 Å². The summed E-state index contributed by atoms with van der Waals surface area (Å²) in [7, 11) is 4.48. The van der Waals surface area contributed by atoms with Crippen molar-refractivity contribution in [1.29, 1.82) is 0 Å². The Morgan fingerprint density at radius 3 is 1.94 bits per heavy atom. The highest BCUT2D eigenvalue weighted by Crippen LogP contribution is 2.41. The van der Waals surface area contributed by atoms with E-state index < -0.39 is 28.1 Å². The van der Waals surface area contributed by atoms with Crippen LogP contribution in [0.4, 0.5) is 0 Å². The fraction of sp³-hybridized carbons (Fsp3) is 0.519. The number of hydrogen-bond donors (Lipinski definition) is 0. The van der Waals surface area contributed by atoms with Crippen LogP contribution in [0.1, 0.15) is 31.9 Å². The molecule has 2 aromatic rings. The number of amidine groups is 1. The normalized spacial score (nSPS) is 27.0. The molecule has 1 saturated heterocycles. The second kappa shape index (κ2) is 11.8. The monoisotopic (exact) mass is 531 g/mol. The molecule has 0 radical (unpaired) electrons. The Labute approximate surface area is 221 Å². The molecule has 9 heteroatoms. The topological polar surface area (TPSA) is 63.6 Å². The first-order valence-corrected chi connectivity index (χ1v) is 14.2. The summed E-state index contributed by atoms with van der Waals surface area (Å²) in [5.41, 5.74) is 1.87. The number of thioether (sulfide) groups is 1. The number of nitrogens with zero attached hydrogens (tertiary/aromatic N) is 3. The first-order chi connectivity index (χ1) is 17.1. The Morgan fingerprint density at radius 1 is 0.917 bits per heavy atom. The number of fused-ring (bicyclic) bond motifs is 1. The molecule has 0 saturated carbocycles. The molecule has 0 aliphatic carbocycles. The Morgan fingerprint density at radius 2 is 1.44 bits per heavy atom. The third-order valence-corrected chi connectivity index (χ3v) is 9.15. The zero-order valence-electron chi connectivity index (χ0n) is 21.9. The van der Waals surface area contributed by atoms with Crippen molar-refractivity contribution in [2.24, 2.45) is 4.99 Å². The van der Waals surface area contributed by atoms with Gasteiger partial charge in [0.15, 0.2) is 11.4 Å². The van der Waals surface area contributed by atoms with Gasteiger partial charge in [-0.3, -0.25) is 4.99 Å². The molecule has 36 heavy (non-hydrogen) atoms. The number of ether oxygens (including phenoxy) is 3. The lowest BCUT2D eigenvalue weighted by atomic mass is 10.0. The van der Waals surface area contributed by atoms with E-state index in [9.17, 15) is 4.21 Å². The molecule has 1 fully saturated rings. The molecule has 0 amide bonds. The maximum Gasteiger partial charge on any atom is 0.161 e. The van der Waals surface area contributed by atoms with Crippen LogP contribution in [0.3, 0.4) is 0 Å². The third kappa shape index (κ3) is 6.38. The molecular formula is C27H37N3O4S2. The maximum atomic E-state index is 13.5. The summed E-state index contributed by atoms with van der Waals surface area (Å²) in [6.07, 6.45) is -1.46. The minimum atomic E-state index is -1.31. The SMILES string of the molecule is CN(C)C1=N[C@@H]2[C@@H](OCc3ccccc3)[C@H](OCc3ccccc3)[C@@H](N(C)S(=O)C(C)(C)C)O[C@@H]2S1. The standard InChI is InChI=1S/C27H37N3O4S2/c1-27(2,3)36(31)30(6)24-23(33-18-20-15-11-8-12-16-20)22(32-17-19-13-9-7-10-14-19)21-25(34-24)35-26(28-21)29(4)5/h7-16,21-25H,17-18H2,1-6H3/t21-,22-,23+,24+,25-,36?/m1/s1. The van der Waals surface area contributed by atoms with E-state index in [4.69, 9.17) is 19.2 Å². The van der Waals surface area contributed by atoms with Gasteiger partial charge >= 0.3 is 0 Å². The van der Waals surface area contributed by atoms with Crippen molar-refractivity contribution in [2.45, 2.75) is 68.6 Å². The van der Waals surface area contributed by atoms with Crippen molar-refractivity contribution in [2.75, 3.05) is 21.1 Å². The van der Waals surface area contributed by atoms with Gasteiger partial charge in [0, 0.05) is 21.1 Å². The van der Waals surface area contributed by atoms with Gasteiger partial charge in [0.1, 0.15) is 34.7 Å². The van der Waals surface area contributed by atoms with Crippen LogP contribution in [-0.4, -0.2) is 74.4 Å². The predicted molar refractivity (Wildman–Crippen MR) is 147 cm³/mol. The fourth-order valence-electron chi connectivity index (χ4n) is 4.24. The zero-order valence-corrected chi connectivity index (χ0v) is 23.5. The minimum absolute atomic E-state index is 0.246. The second-order valence-electron chi connectivity index (χ2n) is 10.2. The molecule has 7 nitrogen and oxygen atoms in total. The summed E-state index contributed by atoms with van der Waals surface area (Å²) in [5, 5.41) is 0.889. The number of likely N-dealkylation sites (N-methyl/N-ethyl adjacent to an activating group) is 1. The third-order valence-electron chi connectivity index (χ3n) is 6.07. The van der Waals surface area contributed by atoms with Crippen LogP contribution in [0.15, 0.2) is 65.7 Å². The predicted octanol–water partition coefficient (Wildman–Crippen LogP) is 4.27. The minimum Gasteiger partial charge on any atom is -0.368 e. The summed E-state index contributed by atoms with van der Waals surface area (Å²) >= 11 is 1.58. The van der Waals surface area contributed by atoms with E-state index in [-0.39, 0.29) is 17.6 Å². The largest absolute Gasteiger partial charge is 0.368 e. The van der Waals surface area contributed by atoms with Crippen molar-refractivity contribution in [3.63, 3.8) is 0 Å². The molecule has 0 N–H and O–H groups in total. The summed E-state index contributed by atoms with van der Waals surface area (Å²) < 4.78 is 34.5. The molecule has 1 unspecified atom stereocenters. The van der Waals surface area contributed by atoms with Gasteiger partial charge in [-0.15, -0.1) is 0 Å². The molecule has 0 spiro atoms. The van der Waals surface area contributed by atoms with Crippen LogP contribution in [0, 0.1) is 0 Å². The number of benzene rings is 2. The van der Waals surface area contributed by atoms with Crippen molar-refractivity contribution < 1.29 is 18.4 Å². The van der Waals surface area contributed by atoms with Crippen molar-refractivity contribution in [3.05, 3.63) is 71.8 Å². The molecule has 4 rings (SSSR count). The highest BCUT2D eigenvalue weighted by molar-refractivity contribution is 8.14. The van der Waals surface area contributed by atoms with E-state index in [2.05, 4.69) is 0 Å². The number of aliphatic imine (C=N–C) groups is 1. The molecule has 196 valence electrons. The van der Waals surface area contributed by atoms with Gasteiger partial charge in [-0.2, -0.15) is 4.31 Å². The molecule has 0 aromatic heterocycles. The van der Waals surface area contributed by atoms with Gasteiger partial charge in [-0.25, -0.2) is 4.21 Å². The number of hydrogen-bond acceptors (Lipinski definition) is 7. The lowest BCUT2D eigenvalue weighted by Crippen LogP contribution is -2.62. The molecule has 2 aliphatic heterocycles. The summed E-state index contributed by atoms with van der Waals surface area (Å²) in [5.74, 6) is 0. The number of rotatable bonds is 8. The van der Waals surface area contributed by atoms with Crippen LogP contribution in [-0.2, 0) is 38.4 Å². The Hall–Kier alpha value is -1.75. The molecule has 0 bridgehead atoms. The van der Waals surface area contributed by atoms with Crippen molar-refractivity contribution in [3.8, 4) is 0 Å². The van der Waals surface area contributed by atoms with E-state index in [1.165, 1.54) is 0 Å². The highest BCUT2D eigenvalue weighted by atomic mass is 32.2. The van der Waals surface area contributed by atoms with E-state index in [1.54, 1.807) is 16.1 Å². The lowest BCUT2D eigenvalue weighted by molar-refractivity contribution is -0.220. The summed E-state index contributed by atoms with van der Waals surface area (Å²) in [6, 6.07) is 19.9. The smallest absolute Gasteiger partial charge is 0.161 e. The van der Waals surface area contributed by atoms with Crippen LogP contribution in [0.5, 0.6) is 0 Å². The van der Waals surface area contributed by atoms with Crippen molar-refractivity contribution >= 4 is 27.9 Å². The van der Waals surface area contributed by atoms with E-state index in [0.29, 0.717) is 13.2 Å². The van der Waals surface area contributed by atoms with Gasteiger partial charge in [-0.1, -0.05) is 72.4 Å². The average molecular weight is 532 g/mol. The van der Waals surface area contributed by atoms with Crippen molar-refractivity contribution in [1.82, 2.24) is 9.21 Å². The summed E-state index contributed by atoms with van der Waals surface area (Å²) in [4.78, 5) is 6.97. The molecule has 2 aromatic carbocycles. The summed E-state index contributed by atoms with van der Waals surface area (Å²) in [6.45, 7) is 6.71. The van der Waals surface area contributed by atoms with Crippen LogP contribution >= 0.6 is 11.8 Å². The van der Waals surface area contributed by atoms with E-state index in [1.807, 2.05) is 107 Å². The molecule has 2 aliphatic rings. The second-order valence-corrected chi connectivity index (χ2v) is 13.6. The van der Waals surface area contributed by atoms with Gasteiger partial charge in [-0.05, 0) is 31.9 Å². The first kappa shape index (κ1) is 27.3. The van der Waals surface area contributed by atoms with E-state index in [0.717, 1.165) is 16.3 Å². The molecule has 2 heterocycles. The van der Waals surface area contributed by atoms with Gasteiger partial charge in [0.25, 0.3) is 0 Å². The Balaban J connectivity index is 1.67. The van der Waals surface area contributed by atoms with Crippen LogP contribution in [0.2, 0.25) is 0 Å². The zero-order chi connectivity index (χ0) is 25.9. The van der Waals surface area contributed by atoms with Crippen LogP contribution < -0.4 is 0 Å². The molecular weight excluding hydrogens is 494 g/mol. The first-order valence-electron chi connectivity index (χ1n) is 12.2. The quantitative estimate of drug-likeness (QED) is 0.507. The Kier molecular flexibility index (Phi) is 8.91. The van der Waals surface area contributed by atoms with Gasteiger partial charge in [0.2, 0.25) is 0 Å². The fourth-order valence-corrected chi connectivity index (χ4v) is 6.59. The lowest BCUT2D eigenvalue weighted by Gasteiger charge is -2.46. The highest BCUT2D eigenvalue weighted by Gasteiger charge is 2.53. The molecule has 6 atom stereocenters.